The molecule has 0 aliphatic heterocycles. The van der Waals surface area contributed by atoms with Gasteiger partial charge in [-0.05, 0) is 18.6 Å². The van der Waals surface area contributed by atoms with Gasteiger partial charge >= 0.3 is 5.97 Å². The van der Waals surface area contributed by atoms with E-state index >= 15 is 0 Å². The number of anilines is 1. The van der Waals surface area contributed by atoms with Crippen LogP contribution in [0.4, 0.5) is 5.69 Å². The third-order valence-electron chi connectivity index (χ3n) is 2.04. The van der Waals surface area contributed by atoms with Crippen molar-refractivity contribution in [1.29, 1.82) is 0 Å². The number of ether oxygens (including phenoxy) is 1. The van der Waals surface area contributed by atoms with Crippen LogP contribution in [0.3, 0.4) is 0 Å². The lowest BCUT2D eigenvalue weighted by Crippen LogP contribution is -2.11. The van der Waals surface area contributed by atoms with Gasteiger partial charge in [0.05, 0.1) is 12.2 Å². The van der Waals surface area contributed by atoms with Crippen LogP contribution < -0.4 is 5.73 Å². The Balaban J connectivity index is 2.73. The number of nitrogen functional groups attached to an aromatic ring is 1. The maximum absolute atomic E-state index is 11.6. The van der Waals surface area contributed by atoms with Gasteiger partial charge in [-0.3, -0.25) is 0 Å². The standard InChI is InChI=1S/C11H15NO3/c1-8-4-2-5-9(12)10(8)11(14)15-7-3-6-13/h2,4-5,13H,3,6-7,12H2,1H3. The van der Waals surface area contributed by atoms with Crippen molar-refractivity contribution < 1.29 is 14.6 Å². The number of carbonyl (C=O) groups excluding carboxylic acids is 1. The fourth-order valence-corrected chi connectivity index (χ4v) is 1.27. The Hall–Kier alpha value is -1.55. The molecule has 3 N–H and O–H groups in total. The van der Waals surface area contributed by atoms with Crippen molar-refractivity contribution in [3.8, 4) is 0 Å². The van der Waals surface area contributed by atoms with Gasteiger partial charge in [0.1, 0.15) is 0 Å². The first-order chi connectivity index (χ1) is 7.16. The van der Waals surface area contributed by atoms with Gasteiger partial charge in [-0.2, -0.15) is 0 Å². The third kappa shape index (κ3) is 2.95. The van der Waals surface area contributed by atoms with E-state index in [0.717, 1.165) is 5.56 Å². The first kappa shape index (κ1) is 11.5. The number of aliphatic hydroxyl groups is 1. The van der Waals surface area contributed by atoms with Crippen molar-refractivity contribution in [2.45, 2.75) is 13.3 Å². The smallest absolute Gasteiger partial charge is 0.340 e. The van der Waals surface area contributed by atoms with Gasteiger partial charge in [-0.25, -0.2) is 4.79 Å². The summed E-state index contributed by atoms with van der Waals surface area (Å²) in [5.41, 5.74) is 7.30. The molecule has 0 bridgehead atoms. The normalized spacial score (nSPS) is 10.0. The van der Waals surface area contributed by atoms with Gasteiger partial charge in [-0.15, -0.1) is 0 Å². The fraction of sp³-hybridized carbons (Fsp3) is 0.364. The summed E-state index contributed by atoms with van der Waals surface area (Å²) in [6.45, 7) is 2.03. The highest BCUT2D eigenvalue weighted by molar-refractivity contribution is 5.96. The molecule has 0 saturated heterocycles. The molecule has 82 valence electrons. The van der Waals surface area contributed by atoms with Gasteiger partial charge in [0.25, 0.3) is 0 Å². The summed E-state index contributed by atoms with van der Waals surface area (Å²) >= 11 is 0. The average Bonchev–Trinajstić information content (AvgIpc) is 2.18. The van der Waals surface area contributed by atoms with E-state index in [9.17, 15) is 4.79 Å². The van der Waals surface area contributed by atoms with Crippen molar-refractivity contribution in [2.75, 3.05) is 18.9 Å². The maximum atomic E-state index is 11.6. The minimum Gasteiger partial charge on any atom is -0.462 e. The molecule has 4 nitrogen and oxygen atoms in total. The second-order valence-corrected chi connectivity index (χ2v) is 3.25. The molecule has 1 rings (SSSR count). The van der Waals surface area contributed by atoms with E-state index in [-0.39, 0.29) is 13.2 Å². The lowest BCUT2D eigenvalue weighted by molar-refractivity contribution is 0.0482. The Morgan fingerprint density at radius 1 is 1.53 bits per heavy atom. The lowest BCUT2D eigenvalue weighted by atomic mass is 10.1. The van der Waals surface area contributed by atoms with Gasteiger partial charge in [0, 0.05) is 18.7 Å². The van der Waals surface area contributed by atoms with E-state index in [2.05, 4.69) is 0 Å². The molecule has 0 radical (unpaired) electrons. The number of carbonyl (C=O) groups is 1. The Morgan fingerprint density at radius 2 is 2.27 bits per heavy atom. The van der Waals surface area contributed by atoms with Crippen LogP contribution in [0.2, 0.25) is 0 Å². The second kappa shape index (κ2) is 5.36. The van der Waals surface area contributed by atoms with Crippen molar-refractivity contribution >= 4 is 11.7 Å². The fourth-order valence-electron chi connectivity index (χ4n) is 1.27. The molecule has 0 atom stereocenters. The predicted molar refractivity (Wildman–Crippen MR) is 57.6 cm³/mol. The summed E-state index contributed by atoms with van der Waals surface area (Å²) in [6.07, 6.45) is 0.442. The van der Waals surface area contributed by atoms with E-state index in [1.807, 2.05) is 0 Å². The zero-order valence-corrected chi connectivity index (χ0v) is 8.69. The minimum atomic E-state index is -0.431. The molecule has 0 heterocycles. The molecule has 4 heteroatoms. The molecule has 0 aromatic heterocycles. The highest BCUT2D eigenvalue weighted by Crippen LogP contribution is 2.17. The largest absolute Gasteiger partial charge is 0.462 e. The van der Waals surface area contributed by atoms with Gasteiger partial charge in [0.2, 0.25) is 0 Å². The SMILES string of the molecule is Cc1cccc(N)c1C(=O)OCCCO. The summed E-state index contributed by atoms with van der Waals surface area (Å²) in [5, 5.41) is 8.54. The summed E-state index contributed by atoms with van der Waals surface area (Å²) in [7, 11) is 0. The van der Waals surface area contributed by atoms with E-state index in [1.54, 1.807) is 25.1 Å². The topological polar surface area (TPSA) is 72.6 Å². The zero-order valence-electron chi connectivity index (χ0n) is 8.69. The molecule has 0 aliphatic carbocycles. The van der Waals surface area contributed by atoms with Crippen LogP contribution in [0, 0.1) is 6.92 Å². The number of nitrogens with two attached hydrogens (primary N) is 1. The number of aryl methyl sites for hydroxylation is 1. The van der Waals surface area contributed by atoms with E-state index in [0.29, 0.717) is 17.7 Å². The number of hydrogen-bond acceptors (Lipinski definition) is 4. The number of rotatable bonds is 4. The Labute approximate surface area is 88.7 Å². The molecule has 1 aromatic rings. The van der Waals surface area contributed by atoms with Gasteiger partial charge in [-0.1, -0.05) is 12.1 Å². The molecule has 0 spiro atoms. The minimum absolute atomic E-state index is 0.0105. The third-order valence-corrected chi connectivity index (χ3v) is 2.04. The Bertz CT molecular complexity index is 329. The number of aliphatic hydroxyl groups excluding tert-OH is 1. The van der Waals surface area contributed by atoms with Crippen LogP contribution in [0.5, 0.6) is 0 Å². The van der Waals surface area contributed by atoms with Crippen molar-refractivity contribution in [3.05, 3.63) is 29.3 Å². The molecule has 0 fully saturated rings. The lowest BCUT2D eigenvalue weighted by Gasteiger charge is -2.08. The van der Waals surface area contributed by atoms with Crippen molar-refractivity contribution in [2.24, 2.45) is 0 Å². The highest BCUT2D eigenvalue weighted by Gasteiger charge is 2.13. The van der Waals surface area contributed by atoms with Crippen LogP contribution in [0.25, 0.3) is 0 Å². The summed E-state index contributed by atoms with van der Waals surface area (Å²) in [5.74, 6) is -0.431. The molecular formula is C11H15NO3. The van der Waals surface area contributed by atoms with Crippen LogP contribution in [0.15, 0.2) is 18.2 Å². The molecule has 0 aliphatic rings. The second-order valence-electron chi connectivity index (χ2n) is 3.25. The first-order valence-electron chi connectivity index (χ1n) is 4.80. The van der Waals surface area contributed by atoms with Crippen LogP contribution in [-0.2, 0) is 4.74 Å². The Kier molecular flexibility index (Phi) is 4.12. The quantitative estimate of drug-likeness (QED) is 0.442. The molecule has 1 aromatic carbocycles. The average molecular weight is 209 g/mol. The van der Waals surface area contributed by atoms with E-state index in [1.165, 1.54) is 0 Å². The first-order valence-corrected chi connectivity index (χ1v) is 4.80. The predicted octanol–water partition coefficient (Wildman–Crippen LogP) is 1.12. The molecule has 0 unspecified atom stereocenters. The van der Waals surface area contributed by atoms with Crippen molar-refractivity contribution in [3.63, 3.8) is 0 Å². The number of esters is 1. The summed E-state index contributed by atoms with van der Waals surface area (Å²) < 4.78 is 4.95. The van der Waals surface area contributed by atoms with Crippen LogP contribution in [0.1, 0.15) is 22.3 Å². The van der Waals surface area contributed by atoms with E-state index < -0.39 is 5.97 Å². The summed E-state index contributed by atoms with van der Waals surface area (Å²) in [6, 6.07) is 5.25. The summed E-state index contributed by atoms with van der Waals surface area (Å²) in [4.78, 5) is 11.6. The number of hydrogen-bond donors (Lipinski definition) is 2. The van der Waals surface area contributed by atoms with Gasteiger partial charge in [0.15, 0.2) is 0 Å². The van der Waals surface area contributed by atoms with Crippen molar-refractivity contribution in [1.82, 2.24) is 0 Å². The molecular weight excluding hydrogens is 194 g/mol. The van der Waals surface area contributed by atoms with Gasteiger partial charge < -0.3 is 15.6 Å². The monoisotopic (exact) mass is 209 g/mol. The molecule has 0 amide bonds. The van der Waals surface area contributed by atoms with E-state index in [4.69, 9.17) is 15.6 Å². The number of benzene rings is 1. The zero-order chi connectivity index (χ0) is 11.3. The van der Waals surface area contributed by atoms with Crippen LogP contribution >= 0.6 is 0 Å². The maximum Gasteiger partial charge on any atom is 0.340 e. The molecule has 15 heavy (non-hydrogen) atoms. The highest BCUT2D eigenvalue weighted by atomic mass is 16.5. The van der Waals surface area contributed by atoms with Crippen LogP contribution in [-0.4, -0.2) is 24.3 Å². The Morgan fingerprint density at radius 3 is 2.87 bits per heavy atom. The molecule has 0 saturated carbocycles.